The van der Waals surface area contributed by atoms with E-state index in [1.54, 1.807) is 0 Å². The molecule has 20 heavy (non-hydrogen) atoms. The molecule has 0 atom stereocenters. The molecule has 0 aliphatic heterocycles. The van der Waals surface area contributed by atoms with Crippen molar-refractivity contribution in [2.75, 3.05) is 0 Å². The number of benzene rings is 3. The molecule has 2 heteroatoms. The highest BCUT2D eigenvalue weighted by Gasteiger charge is 2.08. The molecule has 0 aliphatic rings. The lowest BCUT2D eigenvalue weighted by Gasteiger charge is -2.09. The van der Waals surface area contributed by atoms with Crippen LogP contribution in [-0.4, -0.2) is 12.4 Å². The summed E-state index contributed by atoms with van der Waals surface area (Å²) < 4.78 is 0. The van der Waals surface area contributed by atoms with Gasteiger partial charge in [0.15, 0.2) is 0 Å². The van der Waals surface area contributed by atoms with Crippen LogP contribution in [0.2, 0.25) is 0 Å². The summed E-state index contributed by atoms with van der Waals surface area (Å²) in [5.41, 5.74) is 1.99. The molecule has 3 aromatic carbocycles. The minimum atomic E-state index is 0.995. The van der Waals surface area contributed by atoms with E-state index in [1.165, 1.54) is 21.5 Å². The van der Waals surface area contributed by atoms with Crippen LogP contribution in [0.3, 0.4) is 0 Å². The molecule has 0 aromatic heterocycles. The van der Waals surface area contributed by atoms with Crippen molar-refractivity contribution in [3.05, 3.63) is 48.5 Å². The topological polar surface area (TPSA) is 24.7 Å². The van der Waals surface area contributed by atoms with Crippen LogP contribution in [0.1, 0.15) is 13.8 Å². The highest BCUT2D eigenvalue weighted by atomic mass is 14.7. The Morgan fingerprint density at radius 3 is 1.50 bits per heavy atom. The average molecular weight is 260 g/mol. The van der Waals surface area contributed by atoms with Crippen LogP contribution in [0.15, 0.2) is 58.5 Å². The molecule has 0 saturated heterocycles. The summed E-state index contributed by atoms with van der Waals surface area (Å²) in [6, 6.07) is 16.7. The first-order chi connectivity index (χ1) is 9.85. The summed E-state index contributed by atoms with van der Waals surface area (Å²) in [5, 5.41) is 4.73. The zero-order valence-corrected chi connectivity index (χ0v) is 11.7. The lowest BCUT2D eigenvalue weighted by atomic mass is 9.99. The maximum Gasteiger partial charge on any atom is 0.0710 e. The van der Waals surface area contributed by atoms with E-state index in [-0.39, 0.29) is 0 Å². The average Bonchev–Trinajstić information content (AvgIpc) is 2.48. The summed E-state index contributed by atoms with van der Waals surface area (Å²) in [6.07, 6.45) is 3.67. The Morgan fingerprint density at radius 2 is 1.10 bits per heavy atom. The van der Waals surface area contributed by atoms with Gasteiger partial charge in [-0.25, -0.2) is 0 Å². The minimum absolute atomic E-state index is 0.995. The second-order valence-electron chi connectivity index (χ2n) is 4.59. The fourth-order valence-electron chi connectivity index (χ4n) is 2.61. The Kier molecular flexibility index (Phi) is 3.30. The highest BCUT2D eigenvalue weighted by Crippen LogP contribution is 2.38. The molecule has 0 fully saturated rings. The molecular formula is C18H16N2. The van der Waals surface area contributed by atoms with Gasteiger partial charge in [-0.1, -0.05) is 36.4 Å². The lowest BCUT2D eigenvalue weighted by Crippen LogP contribution is -1.80. The predicted molar refractivity (Wildman–Crippen MR) is 89.1 cm³/mol. The van der Waals surface area contributed by atoms with E-state index in [4.69, 9.17) is 0 Å². The van der Waals surface area contributed by atoms with Crippen molar-refractivity contribution in [1.29, 1.82) is 0 Å². The van der Waals surface area contributed by atoms with Gasteiger partial charge in [-0.3, -0.25) is 9.98 Å². The smallest absolute Gasteiger partial charge is 0.0710 e. The van der Waals surface area contributed by atoms with Crippen molar-refractivity contribution >= 4 is 45.3 Å². The van der Waals surface area contributed by atoms with Gasteiger partial charge in [-0.2, -0.15) is 0 Å². The van der Waals surface area contributed by atoms with Gasteiger partial charge < -0.3 is 0 Å². The second kappa shape index (κ2) is 5.25. The Bertz CT molecular complexity index is 759. The molecule has 0 radical (unpaired) electrons. The first kappa shape index (κ1) is 12.5. The molecule has 0 N–H and O–H groups in total. The van der Waals surface area contributed by atoms with E-state index < -0.39 is 0 Å². The van der Waals surface area contributed by atoms with Crippen LogP contribution in [0.5, 0.6) is 0 Å². The highest BCUT2D eigenvalue weighted by molar-refractivity contribution is 6.17. The van der Waals surface area contributed by atoms with Crippen LogP contribution in [0.4, 0.5) is 11.4 Å². The second-order valence-corrected chi connectivity index (χ2v) is 4.59. The number of nitrogens with zero attached hydrogens (tertiary/aromatic N) is 2. The van der Waals surface area contributed by atoms with E-state index in [9.17, 15) is 0 Å². The van der Waals surface area contributed by atoms with E-state index >= 15 is 0 Å². The quantitative estimate of drug-likeness (QED) is 0.433. The number of fused-ring (bicyclic) bond motifs is 3. The van der Waals surface area contributed by atoms with Crippen LogP contribution in [0, 0.1) is 0 Å². The summed E-state index contributed by atoms with van der Waals surface area (Å²) in [6.45, 7) is 3.88. The van der Waals surface area contributed by atoms with Gasteiger partial charge in [0.05, 0.1) is 11.4 Å². The van der Waals surface area contributed by atoms with Crippen molar-refractivity contribution in [2.45, 2.75) is 13.8 Å². The zero-order valence-electron chi connectivity index (χ0n) is 11.7. The monoisotopic (exact) mass is 260 g/mol. The van der Waals surface area contributed by atoms with Gasteiger partial charge in [-0.05, 0) is 36.8 Å². The first-order valence-electron chi connectivity index (χ1n) is 6.77. The third-order valence-corrected chi connectivity index (χ3v) is 3.38. The van der Waals surface area contributed by atoms with E-state index in [2.05, 4.69) is 34.3 Å². The maximum atomic E-state index is 4.51. The third kappa shape index (κ3) is 1.99. The Morgan fingerprint density at radius 1 is 0.650 bits per heavy atom. The van der Waals surface area contributed by atoms with Gasteiger partial charge in [0.1, 0.15) is 0 Å². The SMILES string of the molecule is CC=Nc1cccc2ccc3cccc(N=CC)c3c12. The van der Waals surface area contributed by atoms with Crippen LogP contribution in [-0.2, 0) is 0 Å². The molecule has 0 amide bonds. The number of aliphatic imine (C=N–C) groups is 2. The summed E-state index contributed by atoms with van der Waals surface area (Å²) >= 11 is 0. The number of hydrogen-bond donors (Lipinski definition) is 0. The summed E-state index contributed by atoms with van der Waals surface area (Å²) in [7, 11) is 0. The largest absolute Gasteiger partial charge is 0.261 e. The van der Waals surface area contributed by atoms with Crippen molar-refractivity contribution in [3.8, 4) is 0 Å². The van der Waals surface area contributed by atoms with Crippen molar-refractivity contribution in [2.24, 2.45) is 9.98 Å². The molecular weight excluding hydrogens is 244 g/mol. The van der Waals surface area contributed by atoms with Gasteiger partial charge in [-0.15, -0.1) is 0 Å². The van der Waals surface area contributed by atoms with Crippen LogP contribution < -0.4 is 0 Å². The molecule has 0 saturated carbocycles. The van der Waals surface area contributed by atoms with Gasteiger partial charge >= 0.3 is 0 Å². The lowest BCUT2D eigenvalue weighted by molar-refractivity contribution is 1.55. The van der Waals surface area contributed by atoms with Crippen LogP contribution in [0.25, 0.3) is 21.5 Å². The molecule has 0 spiro atoms. The number of rotatable bonds is 2. The summed E-state index contributed by atoms with van der Waals surface area (Å²) in [4.78, 5) is 9.02. The van der Waals surface area contributed by atoms with Crippen molar-refractivity contribution in [3.63, 3.8) is 0 Å². The minimum Gasteiger partial charge on any atom is -0.261 e. The molecule has 0 heterocycles. The predicted octanol–water partition coefficient (Wildman–Crippen LogP) is 5.44. The Labute approximate surface area is 118 Å². The van der Waals surface area contributed by atoms with Gasteiger partial charge in [0, 0.05) is 23.2 Å². The molecule has 3 aromatic rings. The van der Waals surface area contributed by atoms with E-state index in [0.717, 1.165) is 11.4 Å². The standard InChI is InChI=1S/C18H16N2/c1-3-19-15-9-5-7-13-11-12-14-8-6-10-16(20-4-2)18(14)17(13)15/h3-12H,1-2H3. The number of hydrogen-bond acceptors (Lipinski definition) is 2. The Balaban J connectivity index is 2.56. The Hall–Kier alpha value is -2.48. The fraction of sp³-hybridized carbons (Fsp3) is 0.111. The fourth-order valence-corrected chi connectivity index (χ4v) is 2.61. The van der Waals surface area contributed by atoms with Crippen molar-refractivity contribution < 1.29 is 0 Å². The molecule has 2 nitrogen and oxygen atoms in total. The summed E-state index contributed by atoms with van der Waals surface area (Å²) in [5.74, 6) is 0. The third-order valence-electron chi connectivity index (χ3n) is 3.38. The molecule has 3 rings (SSSR count). The van der Waals surface area contributed by atoms with Gasteiger partial charge in [0.2, 0.25) is 0 Å². The van der Waals surface area contributed by atoms with E-state index in [1.807, 2.05) is 50.5 Å². The maximum absolute atomic E-state index is 4.51. The van der Waals surface area contributed by atoms with E-state index in [0.29, 0.717) is 0 Å². The van der Waals surface area contributed by atoms with Gasteiger partial charge in [0.25, 0.3) is 0 Å². The molecule has 0 bridgehead atoms. The molecule has 0 aliphatic carbocycles. The molecule has 98 valence electrons. The normalized spacial score (nSPS) is 12.1. The van der Waals surface area contributed by atoms with Crippen molar-refractivity contribution in [1.82, 2.24) is 0 Å². The molecule has 0 unspecified atom stereocenters. The van der Waals surface area contributed by atoms with Crippen LogP contribution >= 0.6 is 0 Å². The zero-order chi connectivity index (χ0) is 13.9. The first-order valence-corrected chi connectivity index (χ1v) is 6.77.